The molecule has 0 aliphatic carbocycles. The summed E-state index contributed by atoms with van der Waals surface area (Å²) in [7, 11) is 3.35. The normalized spacial score (nSPS) is 15.7. The van der Waals surface area contributed by atoms with Crippen LogP contribution >= 0.6 is 0 Å². The summed E-state index contributed by atoms with van der Waals surface area (Å²) in [5.74, 6) is 0.966. The molecule has 1 fully saturated rings. The third-order valence-corrected chi connectivity index (χ3v) is 5.61. The molecular weight excluding hydrogens is 366 g/mol. The van der Waals surface area contributed by atoms with Crippen LogP contribution < -0.4 is 10.1 Å². The molecule has 2 aromatic rings. The Kier molecular flexibility index (Phi) is 7.67. The van der Waals surface area contributed by atoms with Gasteiger partial charge in [0.15, 0.2) is 0 Å². The number of ether oxygens (including phenoxy) is 3. The van der Waals surface area contributed by atoms with Gasteiger partial charge in [0.2, 0.25) is 5.91 Å². The van der Waals surface area contributed by atoms with E-state index in [9.17, 15) is 4.79 Å². The summed E-state index contributed by atoms with van der Waals surface area (Å²) in [6, 6.07) is 16.5. The first-order valence-corrected chi connectivity index (χ1v) is 10.3. The summed E-state index contributed by atoms with van der Waals surface area (Å²) in [5, 5.41) is 3.12. The van der Waals surface area contributed by atoms with E-state index in [4.69, 9.17) is 14.2 Å². The lowest BCUT2D eigenvalue weighted by molar-refractivity contribution is -0.136. The summed E-state index contributed by atoms with van der Waals surface area (Å²) < 4.78 is 16.0. The summed E-state index contributed by atoms with van der Waals surface area (Å²) in [5.41, 5.74) is 2.98. The van der Waals surface area contributed by atoms with E-state index in [1.165, 1.54) is 5.56 Å². The van der Waals surface area contributed by atoms with Gasteiger partial charge in [-0.2, -0.15) is 0 Å². The van der Waals surface area contributed by atoms with Crippen LogP contribution in [0.4, 0.5) is 0 Å². The van der Waals surface area contributed by atoms with Crippen molar-refractivity contribution in [1.29, 1.82) is 0 Å². The van der Waals surface area contributed by atoms with Crippen LogP contribution in [0.3, 0.4) is 0 Å². The molecule has 0 aromatic heterocycles. The van der Waals surface area contributed by atoms with E-state index in [1.807, 2.05) is 18.2 Å². The number of hydrogen-bond acceptors (Lipinski definition) is 4. The van der Waals surface area contributed by atoms with Gasteiger partial charge >= 0.3 is 0 Å². The average Bonchev–Trinajstić information content (AvgIpc) is 2.77. The van der Waals surface area contributed by atoms with Crippen molar-refractivity contribution in [2.45, 2.75) is 25.7 Å². The smallest absolute Gasteiger partial charge is 0.226 e. The largest absolute Gasteiger partial charge is 0.497 e. The third-order valence-electron chi connectivity index (χ3n) is 5.61. The Morgan fingerprint density at radius 1 is 1.07 bits per heavy atom. The fraction of sp³-hybridized carbons (Fsp3) is 0.458. The molecule has 0 saturated carbocycles. The maximum absolute atomic E-state index is 13.1. The number of methoxy groups -OCH3 is 2. The van der Waals surface area contributed by atoms with Crippen molar-refractivity contribution in [3.63, 3.8) is 0 Å². The van der Waals surface area contributed by atoms with Gasteiger partial charge in [0.25, 0.3) is 0 Å². The molecule has 3 rings (SSSR count). The Balaban J connectivity index is 1.78. The molecule has 1 aliphatic heterocycles. The summed E-state index contributed by atoms with van der Waals surface area (Å²) in [6.45, 7) is 2.54. The van der Waals surface area contributed by atoms with Gasteiger partial charge in [-0.3, -0.25) is 4.79 Å². The zero-order chi connectivity index (χ0) is 20.5. The Labute approximate surface area is 173 Å². The Hall–Kier alpha value is -2.37. The lowest BCUT2D eigenvalue weighted by atomic mass is 9.74. The number of benzene rings is 2. The second kappa shape index (κ2) is 10.4. The molecular formula is C24H31NO4. The van der Waals surface area contributed by atoms with Crippen molar-refractivity contribution < 1.29 is 19.0 Å². The van der Waals surface area contributed by atoms with Crippen LogP contribution in [0.2, 0.25) is 0 Å². The van der Waals surface area contributed by atoms with Crippen molar-refractivity contribution in [1.82, 2.24) is 5.32 Å². The van der Waals surface area contributed by atoms with Crippen LogP contribution in [0.15, 0.2) is 48.5 Å². The van der Waals surface area contributed by atoms with Gasteiger partial charge in [-0.1, -0.05) is 36.4 Å². The van der Waals surface area contributed by atoms with Crippen molar-refractivity contribution in [3.05, 3.63) is 54.1 Å². The van der Waals surface area contributed by atoms with E-state index in [0.717, 1.165) is 36.1 Å². The minimum atomic E-state index is -0.418. The van der Waals surface area contributed by atoms with Crippen molar-refractivity contribution in [2.75, 3.05) is 40.6 Å². The summed E-state index contributed by atoms with van der Waals surface area (Å²) in [4.78, 5) is 13.1. The van der Waals surface area contributed by atoms with E-state index in [0.29, 0.717) is 32.8 Å². The van der Waals surface area contributed by atoms with Crippen LogP contribution in [-0.2, 0) is 20.7 Å². The second-order valence-electron chi connectivity index (χ2n) is 7.60. The maximum Gasteiger partial charge on any atom is 0.226 e. The second-order valence-corrected chi connectivity index (χ2v) is 7.60. The number of hydrogen-bond donors (Lipinski definition) is 1. The minimum Gasteiger partial charge on any atom is -0.497 e. The zero-order valence-corrected chi connectivity index (χ0v) is 17.4. The maximum atomic E-state index is 13.1. The van der Waals surface area contributed by atoms with Gasteiger partial charge in [0, 0.05) is 33.5 Å². The molecule has 0 unspecified atom stereocenters. The van der Waals surface area contributed by atoms with Gasteiger partial charge in [0.05, 0.1) is 12.5 Å². The number of nitrogens with one attached hydrogen (secondary N) is 1. The highest BCUT2D eigenvalue weighted by molar-refractivity contribution is 5.83. The van der Waals surface area contributed by atoms with Crippen molar-refractivity contribution in [2.24, 2.45) is 5.41 Å². The van der Waals surface area contributed by atoms with E-state index in [2.05, 4.69) is 35.6 Å². The van der Waals surface area contributed by atoms with E-state index < -0.39 is 5.41 Å². The molecule has 1 N–H and O–H groups in total. The molecule has 0 bridgehead atoms. The Morgan fingerprint density at radius 3 is 2.52 bits per heavy atom. The molecule has 156 valence electrons. The van der Waals surface area contributed by atoms with Crippen LogP contribution in [-0.4, -0.2) is 46.5 Å². The number of amides is 1. The van der Waals surface area contributed by atoms with E-state index in [-0.39, 0.29) is 5.91 Å². The lowest BCUT2D eigenvalue weighted by Gasteiger charge is -2.36. The SMILES string of the molecule is COCCCNC(=O)C1(Cc2cccc(-c3cccc(OC)c3)c2)CCOCC1. The van der Waals surface area contributed by atoms with Crippen molar-refractivity contribution in [3.8, 4) is 16.9 Å². The highest BCUT2D eigenvalue weighted by Gasteiger charge is 2.39. The molecule has 1 amide bonds. The third kappa shape index (κ3) is 5.58. The molecule has 1 heterocycles. The standard InChI is InChI=1S/C24H31NO4/c1-27-13-5-12-25-23(26)24(10-14-29-15-11-24)18-19-6-3-7-20(16-19)21-8-4-9-22(17-21)28-2/h3-4,6-9,16-17H,5,10-15,18H2,1-2H3,(H,25,26). The lowest BCUT2D eigenvalue weighted by Crippen LogP contribution is -2.46. The van der Waals surface area contributed by atoms with Gasteiger partial charge in [0.1, 0.15) is 5.75 Å². The quantitative estimate of drug-likeness (QED) is 0.653. The number of rotatable bonds is 9. The summed E-state index contributed by atoms with van der Waals surface area (Å²) >= 11 is 0. The minimum absolute atomic E-state index is 0.128. The molecule has 5 nitrogen and oxygen atoms in total. The molecule has 0 spiro atoms. The fourth-order valence-electron chi connectivity index (χ4n) is 3.91. The van der Waals surface area contributed by atoms with Gasteiger partial charge in [-0.05, 0) is 54.5 Å². The molecule has 29 heavy (non-hydrogen) atoms. The topological polar surface area (TPSA) is 56.8 Å². The van der Waals surface area contributed by atoms with Crippen LogP contribution in [0.1, 0.15) is 24.8 Å². The highest BCUT2D eigenvalue weighted by Crippen LogP contribution is 2.36. The highest BCUT2D eigenvalue weighted by atomic mass is 16.5. The molecule has 5 heteroatoms. The van der Waals surface area contributed by atoms with Crippen LogP contribution in [0.5, 0.6) is 5.75 Å². The van der Waals surface area contributed by atoms with E-state index >= 15 is 0 Å². The van der Waals surface area contributed by atoms with Crippen molar-refractivity contribution >= 4 is 5.91 Å². The monoisotopic (exact) mass is 397 g/mol. The van der Waals surface area contributed by atoms with Gasteiger partial charge < -0.3 is 19.5 Å². The first-order chi connectivity index (χ1) is 14.2. The Bertz CT molecular complexity index is 799. The summed E-state index contributed by atoms with van der Waals surface area (Å²) in [6.07, 6.45) is 3.02. The van der Waals surface area contributed by atoms with E-state index in [1.54, 1.807) is 14.2 Å². The number of carbonyl (C=O) groups excluding carboxylic acids is 1. The predicted octanol–water partition coefficient (Wildman–Crippen LogP) is 3.85. The van der Waals surface area contributed by atoms with Crippen LogP contribution in [0, 0.1) is 5.41 Å². The van der Waals surface area contributed by atoms with Crippen LogP contribution in [0.25, 0.3) is 11.1 Å². The molecule has 0 radical (unpaired) electrons. The number of carbonyl (C=O) groups is 1. The fourth-order valence-corrected chi connectivity index (χ4v) is 3.91. The molecule has 1 aliphatic rings. The molecule has 0 atom stereocenters. The van der Waals surface area contributed by atoms with Gasteiger partial charge in [-0.15, -0.1) is 0 Å². The first kappa shape index (κ1) is 21.3. The average molecular weight is 398 g/mol. The Morgan fingerprint density at radius 2 is 1.79 bits per heavy atom. The van der Waals surface area contributed by atoms with Gasteiger partial charge in [-0.25, -0.2) is 0 Å². The molecule has 2 aromatic carbocycles. The molecule has 1 saturated heterocycles. The first-order valence-electron chi connectivity index (χ1n) is 10.3. The zero-order valence-electron chi connectivity index (χ0n) is 17.4. The predicted molar refractivity (Wildman–Crippen MR) is 114 cm³/mol.